The highest BCUT2D eigenvalue weighted by atomic mass is 35.5. The predicted octanol–water partition coefficient (Wildman–Crippen LogP) is 1.91. The number of rotatable bonds is 3. The minimum atomic E-state index is -1.27. The van der Waals surface area contributed by atoms with Crippen LogP contribution >= 0.6 is 12.4 Å². The molecule has 1 aromatic carbocycles. The molecule has 0 heterocycles. The Labute approximate surface area is 91.3 Å². The highest BCUT2D eigenvalue weighted by Crippen LogP contribution is 2.21. The standard InChI is InChI=1S/C9H10F3NO.ClH/c10-5-3-6(8(13)1-2-14)9(12)7(11)4-5;/h3-4,8,14H,1-2,13H2;1H/t8-;/m1./s1. The fraction of sp³-hybridized carbons (Fsp3) is 0.333. The Bertz CT molecular complexity index is 335. The molecule has 1 atom stereocenters. The van der Waals surface area contributed by atoms with Gasteiger partial charge in [-0.1, -0.05) is 0 Å². The highest BCUT2D eigenvalue weighted by Gasteiger charge is 2.16. The lowest BCUT2D eigenvalue weighted by atomic mass is 10.0. The molecule has 86 valence electrons. The Balaban J connectivity index is 0.00000196. The molecule has 0 aromatic heterocycles. The number of hydrogen-bond acceptors (Lipinski definition) is 2. The van der Waals surface area contributed by atoms with Crippen LogP contribution in [0.15, 0.2) is 12.1 Å². The Hall–Kier alpha value is -0.780. The van der Waals surface area contributed by atoms with Crippen molar-refractivity contribution in [2.45, 2.75) is 12.5 Å². The zero-order valence-electron chi connectivity index (χ0n) is 7.71. The third-order valence-corrected chi connectivity index (χ3v) is 1.86. The van der Waals surface area contributed by atoms with Gasteiger partial charge in [0.1, 0.15) is 5.82 Å². The van der Waals surface area contributed by atoms with Gasteiger partial charge in [-0.25, -0.2) is 13.2 Å². The highest BCUT2D eigenvalue weighted by molar-refractivity contribution is 5.85. The molecule has 0 saturated carbocycles. The van der Waals surface area contributed by atoms with Crippen LogP contribution in [0.3, 0.4) is 0 Å². The number of aliphatic hydroxyl groups excluding tert-OH is 1. The van der Waals surface area contributed by atoms with Gasteiger partial charge in [0.25, 0.3) is 0 Å². The second-order valence-electron chi connectivity index (χ2n) is 2.91. The van der Waals surface area contributed by atoms with E-state index >= 15 is 0 Å². The van der Waals surface area contributed by atoms with Gasteiger partial charge in [-0.15, -0.1) is 12.4 Å². The second-order valence-corrected chi connectivity index (χ2v) is 2.91. The quantitative estimate of drug-likeness (QED) is 0.794. The fourth-order valence-electron chi connectivity index (χ4n) is 1.14. The van der Waals surface area contributed by atoms with E-state index in [1.807, 2.05) is 0 Å². The van der Waals surface area contributed by atoms with Crippen molar-refractivity contribution in [3.8, 4) is 0 Å². The third kappa shape index (κ3) is 3.37. The largest absolute Gasteiger partial charge is 0.396 e. The van der Waals surface area contributed by atoms with E-state index < -0.39 is 23.5 Å². The van der Waals surface area contributed by atoms with E-state index in [4.69, 9.17) is 10.8 Å². The second kappa shape index (κ2) is 5.95. The van der Waals surface area contributed by atoms with Crippen LogP contribution < -0.4 is 5.73 Å². The molecule has 0 unspecified atom stereocenters. The summed E-state index contributed by atoms with van der Waals surface area (Å²) in [4.78, 5) is 0. The Morgan fingerprint density at radius 1 is 1.27 bits per heavy atom. The molecule has 1 aromatic rings. The first-order valence-electron chi connectivity index (χ1n) is 4.07. The Morgan fingerprint density at radius 3 is 2.40 bits per heavy atom. The molecule has 6 heteroatoms. The summed E-state index contributed by atoms with van der Waals surface area (Å²) in [5, 5.41) is 8.54. The maximum atomic E-state index is 13.1. The maximum Gasteiger partial charge on any atom is 0.163 e. The predicted molar refractivity (Wildman–Crippen MR) is 52.2 cm³/mol. The monoisotopic (exact) mass is 241 g/mol. The van der Waals surface area contributed by atoms with Crippen molar-refractivity contribution in [2.75, 3.05) is 6.61 Å². The van der Waals surface area contributed by atoms with Crippen molar-refractivity contribution in [1.29, 1.82) is 0 Å². The summed E-state index contributed by atoms with van der Waals surface area (Å²) in [6, 6.07) is 0.383. The summed E-state index contributed by atoms with van der Waals surface area (Å²) in [7, 11) is 0. The van der Waals surface area contributed by atoms with Gasteiger partial charge in [0.15, 0.2) is 11.6 Å². The molecule has 0 spiro atoms. The van der Waals surface area contributed by atoms with Crippen LogP contribution in [0.4, 0.5) is 13.2 Å². The Morgan fingerprint density at radius 2 is 1.87 bits per heavy atom. The summed E-state index contributed by atoms with van der Waals surface area (Å²) in [6.45, 7) is -0.265. The molecule has 0 aliphatic heterocycles. The lowest BCUT2D eigenvalue weighted by molar-refractivity contribution is 0.275. The van der Waals surface area contributed by atoms with Gasteiger partial charge in [-0.05, 0) is 12.5 Å². The van der Waals surface area contributed by atoms with Crippen LogP contribution in [0.25, 0.3) is 0 Å². The number of halogens is 4. The van der Waals surface area contributed by atoms with E-state index in [0.29, 0.717) is 6.07 Å². The van der Waals surface area contributed by atoms with E-state index in [1.165, 1.54) is 0 Å². The molecule has 0 radical (unpaired) electrons. The van der Waals surface area contributed by atoms with Gasteiger partial charge < -0.3 is 10.8 Å². The molecule has 3 N–H and O–H groups in total. The number of nitrogens with two attached hydrogens (primary N) is 1. The zero-order chi connectivity index (χ0) is 10.7. The topological polar surface area (TPSA) is 46.2 Å². The molecular formula is C9H11ClF3NO. The van der Waals surface area contributed by atoms with Crippen LogP contribution in [0.5, 0.6) is 0 Å². The van der Waals surface area contributed by atoms with E-state index in [1.54, 1.807) is 0 Å². The van der Waals surface area contributed by atoms with E-state index in [0.717, 1.165) is 6.07 Å². The van der Waals surface area contributed by atoms with Crippen molar-refractivity contribution in [2.24, 2.45) is 5.73 Å². The number of hydrogen-bond donors (Lipinski definition) is 2. The molecule has 0 saturated heterocycles. The molecule has 0 amide bonds. The summed E-state index contributed by atoms with van der Waals surface area (Å²) < 4.78 is 38.4. The fourth-order valence-corrected chi connectivity index (χ4v) is 1.14. The molecule has 0 aliphatic rings. The minimum absolute atomic E-state index is 0. The average molecular weight is 242 g/mol. The van der Waals surface area contributed by atoms with Gasteiger partial charge in [0.05, 0.1) is 0 Å². The van der Waals surface area contributed by atoms with Crippen molar-refractivity contribution in [3.05, 3.63) is 35.1 Å². The Kier molecular flexibility index (Phi) is 5.64. The summed E-state index contributed by atoms with van der Waals surface area (Å²) in [6.07, 6.45) is 0.0554. The molecule has 15 heavy (non-hydrogen) atoms. The maximum absolute atomic E-state index is 13.1. The minimum Gasteiger partial charge on any atom is -0.396 e. The van der Waals surface area contributed by atoms with Gasteiger partial charge in [0, 0.05) is 24.3 Å². The van der Waals surface area contributed by atoms with Crippen molar-refractivity contribution < 1.29 is 18.3 Å². The van der Waals surface area contributed by atoms with Crippen LogP contribution in [0.1, 0.15) is 18.0 Å². The van der Waals surface area contributed by atoms with Crippen LogP contribution in [-0.4, -0.2) is 11.7 Å². The molecule has 0 aliphatic carbocycles. The van der Waals surface area contributed by atoms with Crippen LogP contribution in [-0.2, 0) is 0 Å². The first kappa shape index (κ1) is 14.2. The number of benzene rings is 1. The van der Waals surface area contributed by atoms with E-state index in [-0.39, 0.29) is 31.0 Å². The van der Waals surface area contributed by atoms with Gasteiger partial charge >= 0.3 is 0 Å². The SMILES string of the molecule is Cl.N[C@H](CCO)c1cc(F)cc(F)c1F. The van der Waals surface area contributed by atoms with Crippen molar-refractivity contribution >= 4 is 12.4 Å². The average Bonchev–Trinajstić information content (AvgIpc) is 2.11. The lowest BCUT2D eigenvalue weighted by Gasteiger charge is -2.11. The van der Waals surface area contributed by atoms with Gasteiger partial charge in [0.2, 0.25) is 0 Å². The van der Waals surface area contributed by atoms with E-state index in [2.05, 4.69) is 0 Å². The lowest BCUT2D eigenvalue weighted by Crippen LogP contribution is -2.15. The van der Waals surface area contributed by atoms with Gasteiger partial charge in [-0.3, -0.25) is 0 Å². The van der Waals surface area contributed by atoms with E-state index in [9.17, 15) is 13.2 Å². The molecule has 0 fully saturated rings. The summed E-state index contributed by atoms with van der Waals surface area (Å²) in [5.74, 6) is -3.31. The molecule has 2 nitrogen and oxygen atoms in total. The molecule has 1 rings (SSSR count). The van der Waals surface area contributed by atoms with Crippen molar-refractivity contribution in [1.82, 2.24) is 0 Å². The number of aliphatic hydroxyl groups is 1. The third-order valence-electron chi connectivity index (χ3n) is 1.86. The summed E-state index contributed by atoms with van der Waals surface area (Å²) in [5.41, 5.74) is 5.16. The first-order valence-corrected chi connectivity index (χ1v) is 4.07. The van der Waals surface area contributed by atoms with Gasteiger partial charge in [-0.2, -0.15) is 0 Å². The van der Waals surface area contributed by atoms with Crippen LogP contribution in [0, 0.1) is 17.5 Å². The first-order chi connectivity index (χ1) is 6.56. The smallest absolute Gasteiger partial charge is 0.163 e. The van der Waals surface area contributed by atoms with Crippen molar-refractivity contribution in [3.63, 3.8) is 0 Å². The normalized spacial score (nSPS) is 12.1. The molecular weight excluding hydrogens is 231 g/mol. The van der Waals surface area contributed by atoms with Crippen LogP contribution in [0.2, 0.25) is 0 Å². The molecule has 0 bridgehead atoms. The summed E-state index contributed by atoms with van der Waals surface area (Å²) >= 11 is 0. The zero-order valence-corrected chi connectivity index (χ0v) is 8.53.